The number of halogens is 2. The summed E-state index contributed by atoms with van der Waals surface area (Å²) in [6, 6.07) is 10.2. The number of nitrogens with one attached hydrogen (secondary N) is 1. The van der Waals surface area contributed by atoms with Gasteiger partial charge in [-0.25, -0.2) is 8.42 Å². The highest BCUT2D eigenvalue weighted by atomic mass is 35.5. The van der Waals surface area contributed by atoms with Gasteiger partial charge in [0.25, 0.3) is 10.0 Å². The molecule has 0 spiro atoms. The number of aliphatic hydroxyl groups excluding tert-OH is 1. The quantitative estimate of drug-likeness (QED) is 0.502. The first kappa shape index (κ1) is 24.5. The molecular weight excluding hydrogens is 447 g/mol. The Hall–Kier alpha value is -1.80. The Labute approximate surface area is 187 Å². The first-order chi connectivity index (χ1) is 14.2. The fourth-order valence-electron chi connectivity index (χ4n) is 3.07. The number of benzene rings is 2. The van der Waals surface area contributed by atoms with Crippen LogP contribution in [0, 0.1) is 0 Å². The van der Waals surface area contributed by atoms with Gasteiger partial charge in [-0.1, -0.05) is 36.2 Å². The van der Waals surface area contributed by atoms with E-state index >= 15 is 0 Å². The molecule has 0 unspecified atom stereocenters. The molecule has 2 rings (SSSR count). The van der Waals surface area contributed by atoms with Crippen LogP contribution in [-0.2, 0) is 21.4 Å². The van der Waals surface area contributed by atoms with E-state index in [1.807, 2.05) is 0 Å². The molecule has 2 aromatic carbocycles. The fraction of sp³-hybridized carbons (Fsp3) is 0.381. The van der Waals surface area contributed by atoms with E-state index in [1.165, 1.54) is 34.6 Å². The van der Waals surface area contributed by atoms with Gasteiger partial charge in [-0.2, -0.15) is 0 Å². The molecule has 1 atom stereocenters. The number of amides is 1. The van der Waals surface area contributed by atoms with E-state index in [2.05, 4.69) is 5.32 Å². The Morgan fingerprint density at radius 1 is 1.13 bits per heavy atom. The second-order valence-electron chi connectivity index (χ2n) is 6.88. The van der Waals surface area contributed by atoms with Crippen molar-refractivity contribution in [2.45, 2.75) is 50.7 Å². The molecule has 0 aliphatic heterocycles. The molecule has 2 aromatic rings. The summed E-state index contributed by atoms with van der Waals surface area (Å²) in [5.41, 5.74) is 0.771. The van der Waals surface area contributed by atoms with Crippen molar-refractivity contribution in [1.82, 2.24) is 5.32 Å². The third kappa shape index (κ3) is 6.11. The number of carbonyl (C=O) groups is 1. The van der Waals surface area contributed by atoms with Crippen molar-refractivity contribution in [3.05, 3.63) is 58.1 Å². The maximum atomic E-state index is 13.5. The maximum absolute atomic E-state index is 13.5. The summed E-state index contributed by atoms with van der Waals surface area (Å²) in [6.07, 6.45) is 1.48. The highest BCUT2D eigenvalue weighted by Gasteiger charge is 2.31. The van der Waals surface area contributed by atoms with Crippen molar-refractivity contribution in [3.63, 3.8) is 0 Å². The summed E-state index contributed by atoms with van der Waals surface area (Å²) in [5, 5.41) is 13.4. The van der Waals surface area contributed by atoms with Crippen LogP contribution < -0.4 is 9.62 Å². The summed E-state index contributed by atoms with van der Waals surface area (Å²) in [4.78, 5) is 11.5. The van der Waals surface area contributed by atoms with Gasteiger partial charge in [-0.05, 0) is 56.2 Å². The third-order valence-corrected chi connectivity index (χ3v) is 7.10. The fourth-order valence-corrected chi connectivity index (χ4v) is 5.07. The van der Waals surface area contributed by atoms with E-state index in [4.69, 9.17) is 23.2 Å². The normalized spacial score (nSPS) is 12.4. The van der Waals surface area contributed by atoms with Crippen LogP contribution in [0.1, 0.15) is 38.7 Å². The molecule has 0 fully saturated rings. The van der Waals surface area contributed by atoms with Gasteiger partial charge in [-0.15, -0.1) is 0 Å². The maximum Gasteiger partial charge on any atom is 0.264 e. The zero-order chi connectivity index (χ0) is 22.3. The smallest absolute Gasteiger partial charge is 0.264 e. The van der Waals surface area contributed by atoms with Crippen LogP contribution in [0.2, 0.25) is 10.0 Å². The second-order valence-corrected chi connectivity index (χ2v) is 9.57. The first-order valence-corrected chi connectivity index (χ1v) is 11.9. The molecular formula is C21H26Cl2N2O4S. The first-order valence-electron chi connectivity index (χ1n) is 9.66. The van der Waals surface area contributed by atoms with Crippen LogP contribution in [0.4, 0.5) is 5.69 Å². The predicted molar refractivity (Wildman–Crippen MR) is 120 cm³/mol. The van der Waals surface area contributed by atoms with Gasteiger partial charge >= 0.3 is 0 Å². The lowest BCUT2D eigenvalue weighted by atomic mass is 10.1. The summed E-state index contributed by atoms with van der Waals surface area (Å²) in [6.45, 7) is 3.68. The Morgan fingerprint density at radius 3 is 2.37 bits per heavy atom. The van der Waals surface area contributed by atoms with Crippen molar-refractivity contribution in [1.29, 1.82) is 0 Å². The van der Waals surface area contributed by atoms with Crippen LogP contribution in [-0.4, -0.2) is 32.0 Å². The van der Waals surface area contributed by atoms with Crippen LogP contribution in [0.25, 0.3) is 0 Å². The standard InChI is InChI=1S/C21H26Cl2N2O4S/c1-3-21(27)24-12-4-5-15(2)25(20-13-18(23)7-6-16(20)14-26)30(28,29)19-10-8-17(22)9-11-19/h6-11,13,15,26H,3-5,12,14H2,1-2H3,(H,24,27)/t15-/m1/s1. The van der Waals surface area contributed by atoms with Crippen molar-refractivity contribution in [2.75, 3.05) is 10.8 Å². The molecule has 9 heteroatoms. The van der Waals surface area contributed by atoms with Crippen molar-refractivity contribution in [3.8, 4) is 0 Å². The minimum atomic E-state index is -3.96. The number of aliphatic hydroxyl groups is 1. The molecule has 0 bridgehead atoms. The van der Waals surface area contributed by atoms with Gasteiger partial charge in [-0.3, -0.25) is 9.10 Å². The molecule has 0 aliphatic rings. The summed E-state index contributed by atoms with van der Waals surface area (Å²) >= 11 is 12.1. The lowest BCUT2D eigenvalue weighted by molar-refractivity contribution is -0.120. The molecule has 0 saturated carbocycles. The zero-order valence-electron chi connectivity index (χ0n) is 16.9. The van der Waals surface area contributed by atoms with Crippen LogP contribution in [0.3, 0.4) is 0 Å². The molecule has 1 amide bonds. The number of nitrogens with zero attached hydrogens (tertiary/aromatic N) is 1. The predicted octanol–water partition coefficient (Wildman–Crippen LogP) is 4.38. The highest BCUT2D eigenvalue weighted by Crippen LogP contribution is 2.33. The van der Waals surface area contributed by atoms with E-state index < -0.39 is 16.1 Å². The number of rotatable bonds is 10. The Morgan fingerprint density at radius 2 is 1.77 bits per heavy atom. The third-order valence-electron chi connectivity index (χ3n) is 4.67. The van der Waals surface area contributed by atoms with E-state index in [9.17, 15) is 18.3 Å². The number of sulfonamides is 1. The molecule has 0 radical (unpaired) electrons. The largest absolute Gasteiger partial charge is 0.392 e. The minimum Gasteiger partial charge on any atom is -0.392 e. The summed E-state index contributed by atoms with van der Waals surface area (Å²) < 4.78 is 28.4. The van der Waals surface area contributed by atoms with Gasteiger partial charge in [0.15, 0.2) is 0 Å². The molecule has 2 N–H and O–H groups in total. The Balaban J connectivity index is 2.41. The number of carbonyl (C=O) groups excluding carboxylic acids is 1. The van der Waals surface area contributed by atoms with Crippen molar-refractivity contribution >= 4 is 44.8 Å². The Bertz CT molecular complexity index is 965. The van der Waals surface area contributed by atoms with Gasteiger partial charge < -0.3 is 10.4 Å². The lowest BCUT2D eigenvalue weighted by Crippen LogP contribution is -2.40. The second kappa shape index (κ2) is 11.0. The number of hydrogen-bond donors (Lipinski definition) is 2. The zero-order valence-corrected chi connectivity index (χ0v) is 19.3. The molecule has 30 heavy (non-hydrogen) atoms. The molecule has 0 aliphatic carbocycles. The number of hydrogen-bond acceptors (Lipinski definition) is 4. The van der Waals surface area contributed by atoms with Crippen molar-refractivity contribution < 1.29 is 18.3 Å². The van der Waals surface area contributed by atoms with E-state index in [1.54, 1.807) is 26.0 Å². The van der Waals surface area contributed by atoms with E-state index in [0.717, 1.165) is 0 Å². The molecule has 164 valence electrons. The molecule has 0 aromatic heterocycles. The van der Waals surface area contributed by atoms with E-state index in [0.29, 0.717) is 47.1 Å². The van der Waals surface area contributed by atoms with Gasteiger partial charge in [0, 0.05) is 34.6 Å². The lowest BCUT2D eigenvalue weighted by Gasteiger charge is -2.32. The van der Waals surface area contributed by atoms with Gasteiger partial charge in [0.2, 0.25) is 5.91 Å². The molecule has 0 saturated heterocycles. The topological polar surface area (TPSA) is 86.7 Å². The van der Waals surface area contributed by atoms with Crippen LogP contribution >= 0.6 is 23.2 Å². The monoisotopic (exact) mass is 472 g/mol. The van der Waals surface area contributed by atoms with E-state index in [-0.39, 0.29) is 17.4 Å². The van der Waals surface area contributed by atoms with Gasteiger partial charge in [0.1, 0.15) is 0 Å². The van der Waals surface area contributed by atoms with Crippen LogP contribution in [0.5, 0.6) is 0 Å². The SMILES string of the molecule is CCC(=O)NCCC[C@@H](C)N(c1cc(Cl)ccc1CO)S(=O)(=O)c1ccc(Cl)cc1. The minimum absolute atomic E-state index is 0.0503. The molecule has 0 heterocycles. The summed E-state index contributed by atoms with van der Waals surface area (Å²) in [7, 11) is -3.96. The molecule has 6 nitrogen and oxygen atoms in total. The average Bonchev–Trinajstić information content (AvgIpc) is 2.71. The highest BCUT2D eigenvalue weighted by molar-refractivity contribution is 7.92. The Kier molecular flexibility index (Phi) is 8.97. The summed E-state index contributed by atoms with van der Waals surface area (Å²) in [5.74, 6) is -0.0503. The average molecular weight is 473 g/mol. The van der Waals surface area contributed by atoms with Crippen molar-refractivity contribution in [2.24, 2.45) is 0 Å². The van der Waals surface area contributed by atoms with Crippen LogP contribution in [0.15, 0.2) is 47.4 Å². The van der Waals surface area contributed by atoms with Gasteiger partial charge in [0.05, 0.1) is 17.2 Å². The number of anilines is 1.